The Labute approximate surface area is 273 Å². The molecule has 6 bridgehead atoms. The second kappa shape index (κ2) is 15.1. The Kier molecular flexibility index (Phi) is 11.6. The molecule has 3 aliphatic heterocycles. The molecule has 14 nitrogen and oxygen atoms in total. The Bertz CT molecular complexity index is 1340. The molecule has 0 saturated carbocycles. The van der Waals surface area contributed by atoms with Crippen LogP contribution in [0.3, 0.4) is 0 Å². The summed E-state index contributed by atoms with van der Waals surface area (Å²) in [7, 11) is 0. The van der Waals surface area contributed by atoms with Crippen molar-refractivity contribution >= 4 is 17.6 Å². The number of hydrogen-bond donors (Lipinski definition) is 3. The number of carboxylic acid groups (broad SMARTS) is 2. The van der Waals surface area contributed by atoms with E-state index in [2.05, 4.69) is 20.1 Å². The van der Waals surface area contributed by atoms with Crippen molar-refractivity contribution < 1.29 is 56.7 Å². The van der Waals surface area contributed by atoms with Gasteiger partial charge in [0.25, 0.3) is 0 Å². The number of carbonyl (C=O) groups is 2. The van der Waals surface area contributed by atoms with Crippen LogP contribution in [0.5, 0.6) is 0 Å². The van der Waals surface area contributed by atoms with Crippen LogP contribution in [0.15, 0.2) is 36.5 Å². The van der Waals surface area contributed by atoms with E-state index in [1.54, 1.807) is 10.9 Å². The second-order valence-electron chi connectivity index (χ2n) is 10.6. The minimum Gasteiger partial charge on any atom is -0.480 e. The normalized spacial score (nSPS) is 20.6. The zero-order valence-electron chi connectivity index (χ0n) is 23.2. The van der Waals surface area contributed by atoms with E-state index in [9.17, 15) is 19.8 Å². The molecule has 1 fully saturated rings. The molecule has 6 heterocycles. The summed E-state index contributed by atoms with van der Waals surface area (Å²) in [6.45, 7) is 5.87. The van der Waals surface area contributed by atoms with Gasteiger partial charge in [-0.25, -0.2) is 9.67 Å². The van der Waals surface area contributed by atoms with E-state index in [0.717, 1.165) is 28.5 Å². The van der Waals surface area contributed by atoms with E-state index >= 15 is 0 Å². The van der Waals surface area contributed by atoms with Crippen LogP contribution in [-0.2, 0) is 29.2 Å². The number of carboxylic acids is 2. The molecule has 0 amide bonds. The number of aromatic nitrogens is 5. The predicted octanol–water partition coefficient (Wildman–Crippen LogP) is -0.230. The fraction of sp³-hybridized carbons (Fsp3) is 0.481. The molecule has 3 aromatic rings. The Morgan fingerprint density at radius 1 is 0.762 bits per heavy atom. The van der Waals surface area contributed by atoms with E-state index in [1.165, 1.54) is 0 Å². The fourth-order valence-electron chi connectivity index (χ4n) is 5.33. The van der Waals surface area contributed by atoms with Crippen LogP contribution in [-0.4, -0.2) is 132 Å². The predicted molar refractivity (Wildman–Crippen MR) is 150 cm³/mol. The quantitative estimate of drug-likeness (QED) is 0.321. The molecule has 1 saturated heterocycles. The molecule has 6 rings (SSSR count). The largest absolute Gasteiger partial charge is 0.480 e. The number of hydrogen-bond acceptors (Lipinski definition) is 11. The third-order valence-corrected chi connectivity index (χ3v) is 7.37. The van der Waals surface area contributed by atoms with E-state index in [4.69, 9.17) is 15.7 Å². The number of aliphatic carboxylic acids is 2. The molecule has 3 aliphatic rings. The molecule has 0 spiro atoms. The Balaban J connectivity index is 0.00000405. The number of fused-ring (bicyclic) bond motifs is 8. The first-order chi connectivity index (χ1) is 19.8. The van der Waals surface area contributed by atoms with Gasteiger partial charge in [-0.2, -0.15) is 0 Å². The first kappa shape index (κ1) is 32.2. The molecule has 233 valence electrons. The third kappa shape index (κ3) is 9.12. The summed E-state index contributed by atoms with van der Waals surface area (Å²) in [4.78, 5) is 41.5. The van der Waals surface area contributed by atoms with Gasteiger partial charge >= 0.3 is 11.9 Å². The van der Waals surface area contributed by atoms with Gasteiger partial charge in [0.2, 0.25) is 0 Å². The molecule has 4 N–H and O–H groups in total. The summed E-state index contributed by atoms with van der Waals surface area (Å²) < 4.78 is 1.77. The van der Waals surface area contributed by atoms with Crippen molar-refractivity contribution in [3.8, 4) is 11.4 Å². The molecule has 0 aliphatic carbocycles. The van der Waals surface area contributed by atoms with Crippen molar-refractivity contribution in [2.45, 2.75) is 19.6 Å². The summed E-state index contributed by atoms with van der Waals surface area (Å²) >= 11 is 0. The monoisotopic (exact) mass is 739 g/mol. The van der Waals surface area contributed by atoms with E-state index in [0.29, 0.717) is 77.7 Å². The molecule has 0 aromatic carbocycles. The van der Waals surface area contributed by atoms with Crippen molar-refractivity contribution in [1.29, 1.82) is 0 Å². The minimum atomic E-state index is -0.869. The average molecular weight is 740 g/mol. The fourth-order valence-corrected chi connectivity index (χ4v) is 5.33. The summed E-state index contributed by atoms with van der Waals surface area (Å²) in [6.07, 6.45) is 1.68. The van der Waals surface area contributed by atoms with Gasteiger partial charge in [0, 0.05) is 108 Å². The van der Waals surface area contributed by atoms with Crippen LogP contribution in [0, 0.1) is 36.9 Å². The maximum Gasteiger partial charge on any atom is 0.317 e. The van der Waals surface area contributed by atoms with E-state index in [1.807, 2.05) is 40.1 Å². The molecule has 0 atom stereocenters. The van der Waals surface area contributed by atoms with Crippen LogP contribution >= 0.6 is 0 Å². The minimum absolute atomic E-state index is 0. The summed E-state index contributed by atoms with van der Waals surface area (Å²) in [5.41, 5.74) is 10.7. The van der Waals surface area contributed by atoms with Crippen LogP contribution in [0.2, 0.25) is 0 Å². The van der Waals surface area contributed by atoms with Gasteiger partial charge in [-0.05, 0) is 24.3 Å². The smallest absolute Gasteiger partial charge is 0.317 e. The first-order valence-corrected chi connectivity index (χ1v) is 13.7. The molecule has 3 aromatic heterocycles. The molecule has 15 heteroatoms. The topological polar surface area (TPSA) is 170 Å². The Hall–Kier alpha value is -2.75. The third-order valence-electron chi connectivity index (χ3n) is 7.37. The number of pyridine rings is 2. The number of anilines is 1. The van der Waals surface area contributed by atoms with Gasteiger partial charge in [-0.1, -0.05) is 11.3 Å². The molecular formula is C27H36LuN10O4. The van der Waals surface area contributed by atoms with Crippen molar-refractivity contribution in [2.24, 2.45) is 0 Å². The van der Waals surface area contributed by atoms with Crippen molar-refractivity contribution in [1.82, 2.24) is 44.6 Å². The van der Waals surface area contributed by atoms with Gasteiger partial charge in [-0.3, -0.25) is 34.2 Å². The van der Waals surface area contributed by atoms with Gasteiger partial charge in [0.1, 0.15) is 5.69 Å². The maximum absolute atomic E-state index is 11.7. The van der Waals surface area contributed by atoms with Crippen molar-refractivity contribution in [2.75, 3.05) is 71.2 Å². The van der Waals surface area contributed by atoms with Crippen LogP contribution in [0.25, 0.3) is 11.4 Å². The Morgan fingerprint density at radius 2 is 1.31 bits per heavy atom. The SMILES string of the molecule is Nc1cc2nc(c1)Cn1nncc1-c1cccc(n1)CN1CCN(CC(=O)O)CCN(CCN(CC(=O)O)CC1)C2.[Lu]. The van der Waals surface area contributed by atoms with E-state index in [-0.39, 0.29) is 50.0 Å². The summed E-state index contributed by atoms with van der Waals surface area (Å²) in [5, 5.41) is 27.6. The number of rotatable bonds is 4. The number of nitrogens with zero attached hydrogens (tertiary/aromatic N) is 9. The molecule has 0 unspecified atom stereocenters. The molecular weight excluding hydrogens is 703 g/mol. The van der Waals surface area contributed by atoms with Crippen LogP contribution in [0.4, 0.5) is 5.69 Å². The van der Waals surface area contributed by atoms with Gasteiger partial charge in [-0.15, -0.1) is 5.10 Å². The zero-order valence-corrected chi connectivity index (χ0v) is 24.9. The second-order valence-corrected chi connectivity index (χ2v) is 10.6. The molecule has 1 radical (unpaired) electrons. The average Bonchev–Trinajstić information content (AvgIpc) is 3.37. The van der Waals surface area contributed by atoms with Crippen molar-refractivity contribution in [3.63, 3.8) is 0 Å². The van der Waals surface area contributed by atoms with Gasteiger partial charge in [0.05, 0.1) is 48.6 Å². The summed E-state index contributed by atoms with van der Waals surface area (Å²) in [5.74, 6) is -1.74. The zero-order chi connectivity index (χ0) is 28.8. The van der Waals surface area contributed by atoms with E-state index < -0.39 is 11.9 Å². The standard InChI is InChI=1S/C27H36N10O4.Lu/c28-20-12-22-16-34-6-10-35(18-26(38)39)8-4-33(5-9-36(11-7-34)19-27(40)41)15-21-2-1-3-24(31-21)25-14-29-32-37(25)17-23(13-20)30-22;/h1-3,12-14H,4-11,15-19H2,(H2,28,30)(H,38,39)(H,40,41);. The van der Waals surface area contributed by atoms with Gasteiger partial charge < -0.3 is 15.9 Å². The number of nitrogens with two attached hydrogens (primary N) is 1. The summed E-state index contributed by atoms with van der Waals surface area (Å²) in [6, 6.07) is 9.48. The maximum atomic E-state index is 11.7. The van der Waals surface area contributed by atoms with Crippen molar-refractivity contribution in [3.05, 3.63) is 53.6 Å². The Morgan fingerprint density at radius 3 is 1.88 bits per heavy atom. The van der Waals surface area contributed by atoms with Gasteiger partial charge in [0.15, 0.2) is 0 Å². The van der Waals surface area contributed by atoms with Crippen LogP contribution in [0.1, 0.15) is 17.1 Å². The molecule has 42 heavy (non-hydrogen) atoms. The first-order valence-electron chi connectivity index (χ1n) is 13.7. The number of nitrogen functional groups attached to an aromatic ring is 1. The van der Waals surface area contributed by atoms with Crippen LogP contribution < -0.4 is 5.73 Å².